The first-order valence-corrected chi connectivity index (χ1v) is 5.26. The van der Waals surface area contributed by atoms with Crippen molar-refractivity contribution in [1.29, 1.82) is 0 Å². The van der Waals surface area contributed by atoms with E-state index in [1.54, 1.807) is 13.8 Å². The van der Waals surface area contributed by atoms with Gasteiger partial charge >= 0.3 is 5.97 Å². The molecule has 1 aromatic rings. The fourth-order valence-electron chi connectivity index (χ4n) is 1.25. The first kappa shape index (κ1) is 13.7. The minimum atomic E-state index is -1.29. The largest absolute Gasteiger partial charge is 0.477 e. The highest BCUT2D eigenvalue weighted by Crippen LogP contribution is 2.01. The van der Waals surface area contributed by atoms with Crippen LogP contribution < -0.4 is 10.6 Å². The molecule has 1 heterocycles. The predicted molar refractivity (Wildman–Crippen MR) is 61.2 cm³/mol. The van der Waals surface area contributed by atoms with Gasteiger partial charge in [0.05, 0.1) is 12.9 Å². The fourth-order valence-corrected chi connectivity index (χ4v) is 1.25. The third-order valence-electron chi connectivity index (χ3n) is 1.93. The molecule has 2 amide bonds. The van der Waals surface area contributed by atoms with Crippen LogP contribution in [0.4, 0.5) is 0 Å². The number of hydrogen-bond acceptors (Lipinski definition) is 4. The van der Waals surface area contributed by atoms with E-state index >= 15 is 0 Å². The van der Waals surface area contributed by atoms with Crippen molar-refractivity contribution < 1.29 is 19.5 Å². The van der Waals surface area contributed by atoms with Crippen molar-refractivity contribution >= 4 is 17.8 Å². The molecule has 18 heavy (non-hydrogen) atoms. The lowest BCUT2D eigenvalue weighted by Gasteiger charge is -2.08. The molecule has 0 aliphatic carbocycles. The lowest BCUT2D eigenvalue weighted by Crippen LogP contribution is -2.40. The van der Waals surface area contributed by atoms with Crippen molar-refractivity contribution in [1.82, 2.24) is 20.6 Å². The molecule has 0 atom stereocenters. The summed E-state index contributed by atoms with van der Waals surface area (Å²) >= 11 is 0. The Kier molecular flexibility index (Phi) is 4.41. The number of aromatic amines is 1. The van der Waals surface area contributed by atoms with Crippen LogP contribution in [-0.4, -0.2) is 45.4 Å². The summed E-state index contributed by atoms with van der Waals surface area (Å²) in [5.74, 6) is -2.36. The van der Waals surface area contributed by atoms with Gasteiger partial charge in [-0.2, -0.15) is 0 Å². The molecule has 0 saturated heterocycles. The van der Waals surface area contributed by atoms with Gasteiger partial charge in [0, 0.05) is 6.04 Å². The molecule has 1 rings (SSSR count). The Hall–Kier alpha value is -2.38. The third-order valence-corrected chi connectivity index (χ3v) is 1.93. The normalized spacial score (nSPS) is 10.2. The van der Waals surface area contributed by atoms with Crippen LogP contribution in [0.25, 0.3) is 0 Å². The Morgan fingerprint density at radius 2 is 2.11 bits per heavy atom. The van der Waals surface area contributed by atoms with E-state index in [4.69, 9.17) is 5.11 Å². The van der Waals surface area contributed by atoms with Gasteiger partial charge in [0.25, 0.3) is 5.91 Å². The molecule has 0 unspecified atom stereocenters. The van der Waals surface area contributed by atoms with Crippen LogP contribution in [0.1, 0.15) is 34.8 Å². The summed E-state index contributed by atoms with van der Waals surface area (Å²) in [5, 5.41) is 13.6. The molecule has 0 spiro atoms. The Morgan fingerprint density at radius 1 is 1.44 bits per heavy atom. The van der Waals surface area contributed by atoms with Crippen molar-refractivity contribution in [2.24, 2.45) is 0 Å². The predicted octanol–water partition coefficient (Wildman–Crippen LogP) is -0.638. The summed E-state index contributed by atoms with van der Waals surface area (Å²) in [6.07, 6.45) is 1.10. The second kappa shape index (κ2) is 5.80. The number of nitrogens with one attached hydrogen (secondary N) is 3. The van der Waals surface area contributed by atoms with Gasteiger partial charge in [0.2, 0.25) is 5.91 Å². The van der Waals surface area contributed by atoms with Crippen LogP contribution in [0.2, 0.25) is 0 Å². The van der Waals surface area contributed by atoms with Gasteiger partial charge in [-0.25, -0.2) is 9.78 Å². The number of rotatable bonds is 5. The minimum absolute atomic E-state index is 0.0330. The molecule has 0 aromatic carbocycles. The molecule has 0 aliphatic rings. The maximum absolute atomic E-state index is 11.6. The Balaban J connectivity index is 2.58. The molecule has 1 aromatic heterocycles. The van der Waals surface area contributed by atoms with Gasteiger partial charge in [-0.15, -0.1) is 0 Å². The van der Waals surface area contributed by atoms with Gasteiger partial charge in [0.15, 0.2) is 11.4 Å². The van der Waals surface area contributed by atoms with Crippen molar-refractivity contribution in [3.05, 3.63) is 17.7 Å². The van der Waals surface area contributed by atoms with Crippen LogP contribution in [0, 0.1) is 0 Å². The molecule has 0 aliphatic heterocycles. The number of carbonyl (C=O) groups is 3. The first-order valence-electron chi connectivity index (χ1n) is 5.26. The number of nitrogens with zero attached hydrogens (tertiary/aromatic N) is 1. The summed E-state index contributed by atoms with van der Waals surface area (Å²) in [5.41, 5.74) is -0.559. The average molecular weight is 254 g/mol. The number of hydrogen-bond donors (Lipinski definition) is 4. The van der Waals surface area contributed by atoms with E-state index in [9.17, 15) is 14.4 Å². The molecule has 4 N–H and O–H groups in total. The van der Waals surface area contributed by atoms with E-state index in [1.807, 2.05) is 0 Å². The number of carbonyl (C=O) groups excluding carboxylic acids is 2. The molecular formula is C10H14N4O4. The zero-order valence-electron chi connectivity index (χ0n) is 9.98. The maximum Gasteiger partial charge on any atom is 0.354 e. The highest BCUT2D eigenvalue weighted by atomic mass is 16.4. The molecule has 8 heteroatoms. The van der Waals surface area contributed by atoms with E-state index < -0.39 is 11.9 Å². The second-order valence-electron chi connectivity index (χ2n) is 3.84. The third kappa shape index (κ3) is 3.58. The standard InChI is InChI=1S/C10H14N4O4/c1-5(2)14-6(15)3-11-9(16)7-8(10(17)18)13-4-12-7/h4-5H,3H2,1-2H3,(H,11,16)(H,12,13)(H,14,15)(H,17,18). The van der Waals surface area contributed by atoms with E-state index in [1.165, 1.54) is 0 Å². The summed E-state index contributed by atoms with van der Waals surface area (Å²) in [4.78, 5) is 39.5. The molecule has 0 fully saturated rings. The number of amides is 2. The van der Waals surface area contributed by atoms with Gasteiger partial charge in [-0.05, 0) is 13.8 Å². The lowest BCUT2D eigenvalue weighted by molar-refractivity contribution is -0.120. The topological polar surface area (TPSA) is 124 Å². The smallest absolute Gasteiger partial charge is 0.354 e. The highest BCUT2D eigenvalue weighted by molar-refractivity contribution is 6.03. The van der Waals surface area contributed by atoms with Crippen LogP contribution in [-0.2, 0) is 4.79 Å². The number of aromatic carboxylic acids is 1. The summed E-state index contributed by atoms with van der Waals surface area (Å²) in [6, 6.07) is -0.0330. The van der Waals surface area contributed by atoms with Crippen molar-refractivity contribution in [3.63, 3.8) is 0 Å². The quantitative estimate of drug-likeness (QED) is 0.556. The molecule has 0 saturated carbocycles. The first-order chi connectivity index (χ1) is 8.41. The molecule has 8 nitrogen and oxygen atoms in total. The van der Waals surface area contributed by atoms with Crippen LogP contribution in [0.3, 0.4) is 0 Å². The summed E-state index contributed by atoms with van der Waals surface area (Å²) in [7, 11) is 0. The molecule has 0 radical (unpaired) electrons. The number of imidazole rings is 1. The van der Waals surface area contributed by atoms with Crippen molar-refractivity contribution in [2.75, 3.05) is 6.54 Å². The summed E-state index contributed by atoms with van der Waals surface area (Å²) in [6.45, 7) is 3.34. The molecular weight excluding hydrogens is 240 g/mol. The van der Waals surface area contributed by atoms with Gasteiger partial charge in [-0.1, -0.05) is 0 Å². The highest BCUT2D eigenvalue weighted by Gasteiger charge is 2.19. The molecule has 0 bridgehead atoms. The number of carboxylic acid groups (broad SMARTS) is 1. The van der Waals surface area contributed by atoms with E-state index in [0.29, 0.717) is 0 Å². The van der Waals surface area contributed by atoms with Crippen LogP contribution >= 0.6 is 0 Å². The maximum atomic E-state index is 11.6. The summed E-state index contributed by atoms with van der Waals surface area (Å²) < 4.78 is 0. The zero-order valence-corrected chi connectivity index (χ0v) is 9.98. The van der Waals surface area contributed by atoms with Crippen LogP contribution in [0.5, 0.6) is 0 Å². The number of carboxylic acids is 1. The average Bonchev–Trinajstić information content (AvgIpc) is 2.73. The molecule has 98 valence electrons. The van der Waals surface area contributed by atoms with Gasteiger partial charge < -0.3 is 20.7 Å². The van der Waals surface area contributed by atoms with E-state index in [-0.39, 0.29) is 29.9 Å². The second-order valence-corrected chi connectivity index (χ2v) is 3.84. The van der Waals surface area contributed by atoms with Crippen molar-refractivity contribution in [3.8, 4) is 0 Å². The Bertz CT molecular complexity index is 466. The SMILES string of the molecule is CC(C)NC(=O)CNC(=O)c1nc[nH]c1C(=O)O. The zero-order chi connectivity index (χ0) is 13.7. The van der Waals surface area contributed by atoms with E-state index in [2.05, 4.69) is 20.6 Å². The van der Waals surface area contributed by atoms with Gasteiger partial charge in [0.1, 0.15) is 0 Å². The minimum Gasteiger partial charge on any atom is -0.477 e. The van der Waals surface area contributed by atoms with Crippen LogP contribution in [0.15, 0.2) is 6.33 Å². The Morgan fingerprint density at radius 3 is 2.67 bits per heavy atom. The monoisotopic (exact) mass is 254 g/mol. The van der Waals surface area contributed by atoms with Crippen molar-refractivity contribution in [2.45, 2.75) is 19.9 Å². The van der Waals surface area contributed by atoms with Gasteiger partial charge in [-0.3, -0.25) is 9.59 Å². The fraction of sp³-hybridized carbons (Fsp3) is 0.400. The Labute approximate surface area is 103 Å². The number of H-pyrrole nitrogens is 1. The number of aromatic nitrogens is 2. The van der Waals surface area contributed by atoms with E-state index in [0.717, 1.165) is 6.33 Å². The lowest BCUT2D eigenvalue weighted by atomic mass is 10.3.